The Morgan fingerprint density at radius 1 is 1.40 bits per heavy atom. The average molecular weight is 479 g/mol. The minimum absolute atomic E-state index is 0.0218. The van der Waals surface area contributed by atoms with Gasteiger partial charge in [-0.25, -0.2) is 0 Å². The number of fused-ring (bicyclic) bond motifs is 1. The summed E-state index contributed by atoms with van der Waals surface area (Å²) in [4.78, 5) is 38.4. The number of amides is 2. The van der Waals surface area contributed by atoms with Crippen molar-refractivity contribution in [3.63, 3.8) is 0 Å². The molecule has 1 aliphatic rings. The van der Waals surface area contributed by atoms with Gasteiger partial charge in [-0.15, -0.1) is 0 Å². The fourth-order valence-corrected chi connectivity index (χ4v) is 3.61. The first-order chi connectivity index (χ1) is 14.0. The second-order valence-electron chi connectivity index (χ2n) is 7.97. The van der Waals surface area contributed by atoms with Crippen LogP contribution in [0.5, 0.6) is 0 Å². The molecule has 1 aromatic carbocycles. The van der Waals surface area contributed by atoms with Gasteiger partial charge in [0.1, 0.15) is 11.6 Å². The quantitative estimate of drug-likeness (QED) is 0.300. The van der Waals surface area contributed by atoms with Crippen LogP contribution in [-0.2, 0) is 20.9 Å². The highest BCUT2D eigenvalue weighted by Crippen LogP contribution is 2.30. The Morgan fingerprint density at radius 3 is 2.60 bits per heavy atom. The SMILES string of the molecule is CN/C(Br)=C(\C=N)c1ccc2c(c1)CN(C(CCC(=O)OC(C)(C)C)C(N)=O)C2=O. The van der Waals surface area contributed by atoms with Gasteiger partial charge < -0.3 is 26.1 Å². The highest BCUT2D eigenvalue weighted by molar-refractivity contribution is 9.11. The number of primary amides is 1. The minimum atomic E-state index is -0.914. The van der Waals surface area contributed by atoms with Crippen molar-refractivity contribution in [3.05, 3.63) is 39.5 Å². The number of hydrogen-bond donors (Lipinski definition) is 3. The summed E-state index contributed by atoms with van der Waals surface area (Å²) in [5.74, 6) is -1.42. The molecule has 9 heteroatoms. The molecule has 1 heterocycles. The molecular formula is C21H27BrN4O4. The predicted molar refractivity (Wildman–Crippen MR) is 118 cm³/mol. The number of rotatable bonds is 8. The molecule has 1 unspecified atom stereocenters. The van der Waals surface area contributed by atoms with Crippen LogP contribution in [0.4, 0.5) is 0 Å². The van der Waals surface area contributed by atoms with Gasteiger partial charge in [-0.3, -0.25) is 14.4 Å². The van der Waals surface area contributed by atoms with Gasteiger partial charge >= 0.3 is 5.97 Å². The van der Waals surface area contributed by atoms with E-state index in [1.807, 2.05) is 6.07 Å². The van der Waals surface area contributed by atoms with Crippen LogP contribution in [0, 0.1) is 5.41 Å². The van der Waals surface area contributed by atoms with E-state index in [1.54, 1.807) is 40.0 Å². The molecule has 162 valence electrons. The number of nitrogens with one attached hydrogen (secondary N) is 2. The lowest BCUT2D eigenvalue weighted by Gasteiger charge is -2.25. The topological polar surface area (TPSA) is 126 Å². The Labute approximate surface area is 184 Å². The minimum Gasteiger partial charge on any atom is -0.460 e. The number of nitrogens with zero attached hydrogens (tertiary/aromatic N) is 1. The Balaban J connectivity index is 2.23. The number of benzene rings is 1. The summed E-state index contributed by atoms with van der Waals surface area (Å²) in [6.07, 6.45) is 1.28. The molecule has 0 spiro atoms. The van der Waals surface area contributed by atoms with Crippen molar-refractivity contribution >= 4 is 45.5 Å². The second kappa shape index (κ2) is 9.42. The fourth-order valence-electron chi connectivity index (χ4n) is 3.27. The molecule has 1 atom stereocenters. The zero-order chi connectivity index (χ0) is 22.6. The van der Waals surface area contributed by atoms with Gasteiger partial charge in [-0.2, -0.15) is 0 Å². The molecule has 0 saturated carbocycles. The summed E-state index contributed by atoms with van der Waals surface area (Å²) in [6, 6.07) is 4.33. The first kappa shape index (κ1) is 23.6. The first-order valence-corrected chi connectivity index (χ1v) is 10.3. The largest absolute Gasteiger partial charge is 0.460 e. The maximum Gasteiger partial charge on any atom is 0.306 e. The van der Waals surface area contributed by atoms with E-state index in [-0.39, 0.29) is 25.3 Å². The number of hydrogen-bond acceptors (Lipinski definition) is 6. The van der Waals surface area contributed by atoms with Crippen LogP contribution in [0.25, 0.3) is 5.57 Å². The zero-order valence-corrected chi connectivity index (χ0v) is 19.1. The summed E-state index contributed by atoms with van der Waals surface area (Å²) in [5, 5.41) is 10.6. The van der Waals surface area contributed by atoms with E-state index in [0.29, 0.717) is 15.7 Å². The summed E-state index contributed by atoms with van der Waals surface area (Å²) >= 11 is 3.38. The molecule has 30 heavy (non-hydrogen) atoms. The van der Waals surface area contributed by atoms with Gasteiger partial charge in [0.25, 0.3) is 5.91 Å². The average Bonchev–Trinajstić information content (AvgIpc) is 2.96. The molecular weight excluding hydrogens is 452 g/mol. The highest BCUT2D eigenvalue weighted by atomic mass is 79.9. The number of allylic oxidation sites excluding steroid dienone is 1. The van der Waals surface area contributed by atoms with Gasteiger partial charge in [-0.05, 0) is 66.4 Å². The molecule has 0 aromatic heterocycles. The van der Waals surface area contributed by atoms with E-state index in [2.05, 4.69) is 21.2 Å². The Hall–Kier alpha value is -2.68. The molecule has 0 bridgehead atoms. The molecule has 0 saturated heterocycles. The summed E-state index contributed by atoms with van der Waals surface area (Å²) in [6.45, 7) is 5.49. The molecule has 1 aromatic rings. The number of nitrogens with two attached hydrogens (primary N) is 1. The van der Waals surface area contributed by atoms with Crippen molar-refractivity contribution in [1.82, 2.24) is 10.2 Å². The van der Waals surface area contributed by atoms with E-state index in [0.717, 1.165) is 11.1 Å². The van der Waals surface area contributed by atoms with Crippen LogP contribution in [0.3, 0.4) is 0 Å². The molecule has 2 rings (SSSR count). The number of carbonyl (C=O) groups is 3. The molecule has 0 aliphatic carbocycles. The number of carbonyl (C=O) groups excluding carboxylic acids is 3. The standard InChI is InChI=1S/C21H27BrN4O4/c1-21(2,3)30-17(27)8-7-16(19(24)28)26-11-13-9-12(5-6-14(13)20(26)29)15(10-23)18(22)25-4/h5-6,9-10,16,23,25H,7-8,11H2,1-4H3,(H2,24,28)/b18-15+,23-10?. The van der Waals surface area contributed by atoms with E-state index >= 15 is 0 Å². The van der Waals surface area contributed by atoms with Crippen LogP contribution in [-0.4, -0.2) is 47.6 Å². The summed E-state index contributed by atoms with van der Waals surface area (Å²) < 4.78 is 5.92. The van der Waals surface area contributed by atoms with E-state index in [9.17, 15) is 14.4 Å². The number of halogens is 1. The van der Waals surface area contributed by atoms with Crippen LogP contribution in [0.15, 0.2) is 22.8 Å². The maximum absolute atomic E-state index is 12.9. The maximum atomic E-state index is 12.9. The Kier molecular flexibility index (Phi) is 7.41. The van der Waals surface area contributed by atoms with Crippen molar-refractivity contribution in [2.75, 3.05) is 7.05 Å². The predicted octanol–water partition coefficient (Wildman–Crippen LogP) is 2.55. The van der Waals surface area contributed by atoms with Crippen molar-refractivity contribution < 1.29 is 19.1 Å². The molecule has 8 nitrogen and oxygen atoms in total. The van der Waals surface area contributed by atoms with Crippen molar-refractivity contribution in [2.45, 2.75) is 51.8 Å². The first-order valence-electron chi connectivity index (χ1n) is 9.52. The van der Waals surface area contributed by atoms with Gasteiger partial charge in [-0.1, -0.05) is 6.07 Å². The van der Waals surface area contributed by atoms with Crippen LogP contribution in [0.2, 0.25) is 0 Å². The Morgan fingerprint density at radius 2 is 2.07 bits per heavy atom. The molecule has 2 amide bonds. The van der Waals surface area contributed by atoms with Gasteiger partial charge in [0.05, 0.1) is 4.61 Å². The van der Waals surface area contributed by atoms with Gasteiger partial charge in [0.2, 0.25) is 5.91 Å². The Bertz CT molecular complexity index is 905. The number of esters is 1. The smallest absolute Gasteiger partial charge is 0.306 e. The molecule has 4 N–H and O–H groups in total. The van der Waals surface area contributed by atoms with Crippen LogP contribution >= 0.6 is 15.9 Å². The third-order valence-electron chi connectivity index (χ3n) is 4.60. The zero-order valence-electron chi connectivity index (χ0n) is 17.5. The van der Waals surface area contributed by atoms with Crippen LogP contribution in [0.1, 0.15) is 55.1 Å². The third-order valence-corrected chi connectivity index (χ3v) is 5.42. The van der Waals surface area contributed by atoms with Gasteiger partial charge in [0, 0.05) is 37.4 Å². The van der Waals surface area contributed by atoms with Crippen molar-refractivity contribution in [2.24, 2.45) is 5.73 Å². The normalized spacial score (nSPS) is 15.2. The summed E-state index contributed by atoms with van der Waals surface area (Å²) in [5.41, 5.74) is 7.51. The van der Waals surface area contributed by atoms with Gasteiger partial charge in [0.15, 0.2) is 0 Å². The lowest BCUT2D eigenvalue weighted by Crippen LogP contribution is -2.45. The summed E-state index contributed by atoms with van der Waals surface area (Å²) in [7, 11) is 1.73. The van der Waals surface area contributed by atoms with E-state index < -0.39 is 23.5 Å². The van der Waals surface area contributed by atoms with Crippen molar-refractivity contribution in [3.8, 4) is 0 Å². The highest BCUT2D eigenvalue weighted by Gasteiger charge is 2.36. The second-order valence-corrected chi connectivity index (χ2v) is 8.76. The third kappa shape index (κ3) is 5.47. The van der Waals surface area contributed by atoms with E-state index in [1.165, 1.54) is 11.1 Å². The fraction of sp³-hybridized carbons (Fsp3) is 0.429. The van der Waals surface area contributed by atoms with Crippen molar-refractivity contribution in [1.29, 1.82) is 5.41 Å². The lowest BCUT2D eigenvalue weighted by atomic mass is 10.0. The molecule has 0 radical (unpaired) electrons. The lowest BCUT2D eigenvalue weighted by molar-refractivity contribution is -0.155. The number of ether oxygens (including phenoxy) is 1. The molecule has 0 fully saturated rings. The molecule has 1 aliphatic heterocycles. The van der Waals surface area contributed by atoms with Crippen LogP contribution < -0.4 is 11.1 Å². The monoisotopic (exact) mass is 478 g/mol. The van der Waals surface area contributed by atoms with E-state index in [4.69, 9.17) is 15.9 Å².